The number of hydrogen-bond acceptors (Lipinski definition) is 6. The first-order valence-corrected chi connectivity index (χ1v) is 8.61. The Morgan fingerprint density at radius 2 is 2.00 bits per heavy atom. The van der Waals surface area contributed by atoms with Gasteiger partial charge in [0.25, 0.3) is 5.91 Å². The Hall–Kier alpha value is -3.79. The fraction of sp³-hybridized carbons (Fsp3) is 0.0556. The lowest BCUT2D eigenvalue weighted by Crippen LogP contribution is -2.30. The number of anilines is 1. The first kappa shape index (κ1) is 17.6. The van der Waals surface area contributed by atoms with Crippen molar-refractivity contribution < 1.29 is 14.1 Å². The van der Waals surface area contributed by atoms with Crippen molar-refractivity contribution in [3.05, 3.63) is 82.1 Å². The number of hydrogen-bond donors (Lipinski definition) is 1. The van der Waals surface area contributed by atoms with E-state index in [4.69, 9.17) is 16.6 Å². The van der Waals surface area contributed by atoms with Crippen LogP contribution in [0.3, 0.4) is 0 Å². The van der Waals surface area contributed by atoms with Crippen LogP contribution in [0, 0.1) is 10.1 Å². The summed E-state index contributed by atoms with van der Waals surface area (Å²) in [5, 5.41) is 17.7. The molecule has 0 radical (unpaired) electrons. The molecule has 0 aliphatic carbocycles. The van der Waals surface area contributed by atoms with Crippen molar-refractivity contribution in [3.8, 4) is 0 Å². The number of rotatable bonds is 5. The van der Waals surface area contributed by atoms with Crippen LogP contribution in [-0.4, -0.2) is 25.7 Å². The van der Waals surface area contributed by atoms with E-state index in [1.54, 1.807) is 30.3 Å². The number of benzene rings is 1. The molecule has 140 valence electrons. The third-order valence-electron chi connectivity index (χ3n) is 3.99. The second-order valence-electron chi connectivity index (χ2n) is 5.90. The molecule has 9 nitrogen and oxygen atoms in total. The summed E-state index contributed by atoms with van der Waals surface area (Å²) in [6, 6.07) is 13.8. The summed E-state index contributed by atoms with van der Waals surface area (Å²) in [4.78, 5) is 24.2. The Bertz CT molecular complexity index is 1100. The molecule has 0 atom stereocenters. The quantitative estimate of drug-likeness (QED) is 0.306. The number of para-hydroxylation sites is 1. The molecule has 0 bridgehead atoms. The molecule has 3 heterocycles. The van der Waals surface area contributed by atoms with E-state index in [1.807, 2.05) is 18.2 Å². The molecule has 2 aromatic heterocycles. The number of furan rings is 1. The zero-order valence-corrected chi connectivity index (χ0v) is 15.1. The highest BCUT2D eigenvalue weighted by molar-refractivity contribution is 7.80. The third-order valence-corrected chi connectivity index (χ3v) is 4.28. The molecular weight excluding hydrogens is 382 g/mol. The molecule has 4 rings (SSSR count). The molecule has 1 N–H and O–H groups in total. The van der Waals surface area contributed by atoms with Crippen LogP contribution in [0.1, 0.15) is 11.5 Å². The highest BCUT2D eigenvalue weighted by Crippen LogP contribution is 2.22. The maximum absolute atomic E-state index is 12.7. The average Bonchev–Trinajstić information content (AvgIpc) is 3.38. The molecule has 0 unspecified atom stereocenters. The van der Waals surface area contributed by atoms with Gasteiger partial charge >= 0.3 is 5.82 Å². The molecule has 0 saturated carbocycles. The van der Waals surface area contributed by atoms with Gasteiger partial charge in [-0.15, -0.1) is 0 Å². The molecule has 0 spiro atoms. The molecule has 10 heteroatoms. The maximum atomic E-state index is 12.7. The molecule has 1 aromatic carbocycles. The van der Waals surface area contributed by atoms with Crippen molar-refractivity contribution in [3.63, 3.8) is 0 Å². The van der Waals surface area contributed by atoms with E-state index in [9.17, 15) is 14.9 Å². The van der Waals surface area contributed by atoms with Crippen LogP contribution < -0.4 is 10.2 Å². The van der Waals surface area contributed by atoms with Gasteiger partial charge in [-0.05, 0) is 41.4 Å². The summed E-state index contributed by atoms with van der Waals surface area (Å²) in [5.74, 6) is 0.476. The van der Waals surface area contributed by atoms with Crippen LogP contribution in [0.25, 0.3) is 6.08 Å². The van der Waals surface area contributed by atoms with E-state index in [0.29, 0.717) is 22.9 Å². The molecule has 28 heavy (non-hydrogen) atoms. The lowest BCUT2D eigenvalue weighted by molar-refractivity contribution is -0.389. The van der Waals surface area contributed by atoms with Gasteiger partial charge in [0.2, 0.25) is 0 Å². The first-order valence-electron chi connectivity index (χ1n) is 8.20. The normalized spacial score (nSPS) is 15.3. The van der Waals surface area contributed by atoms with Gasteiger partial charge in [-0.3, -0.25) is 9.69 Å². The van der Waals surface area contributed by atoms with Crippen molar-refractivity contribution in [2.24, 2.45) is 0 Å². The molecular formula is C18H13N5O4S. The van der Waals surface area contributed by atoms with Gasteiger partial charge < -0.3 is 19.8 Å². The highest BCUT2D eigenvalue weighted by Gasteiger charge is 2.32. The largest absolute Gasteiger partial charge is 0.460 e. The molecule has 1 aliphatic rings. The summed E-state index contributed by atoms with van der Waals surface area (Å²) in [6.07, 6.45) is 3.06. The van der Waals surface area contributed by atoms with E-state index < -0.39 is 4.92 Å². The fourth-order valence-electron chi connectivity index (χ4n) is 2.74. The second-order valence-corrected chi connectivity index (χ2v) is 6.28. The minimum absolute atomic E-state index is 0.229. The Balaban J connectivity index is 1.51. The number of nitro groups is 1. The van der Waals surface area contributed by atoms with E-state index >= 15 is 0 Å². The number of thiocarbonyl (C=S) groups is 1. The highest BCUT2D eigenvalue weighted by atomic mass is 32.1. The standard InChI is InChI=1S/C18H13N5O4S/c24-17-15(19-18(28)22(17)12-4-2-1-3-5-12)10-13-6-7-14(27-13)11-21-9-8-16(20-21)23(25)26/h1-10H,11H2,(H,19,28)/b15-10+. The fourth-order valence-corrected chi connectivity index (χ4v) is 3.04. The van der Waals surface area contributed by atoms with Crippen molar-refractivity contribution in [2.45, 2.75) is 6.54 Å². The summed E-state index contributed by atoms with van der Waals surface area (Å²) in [7, 11) is 0. The smallest absolute Gasteiger partial charge is 0.389 e. The van der Waals surface area contributed by atoms with Crippen LogP contribution in [0.4, 0.5) is 11.5 Å². The summed E-state index contributed by atoms with van der Waals surface area (Å²) in [6.45, 7) is 0.229. The minimum Gasteiger partial charge on any atom is -0.460 e. The molecule has 3 aromatic rings. The van der Waals surface area contributed by atoms with Crippen LogP contribution in [0.5, 0.6) is 0 Å². The number of nitrogens with one attached hydrogen (secondary N) is 1. The number of carbonyl (C=O) groups is 1. The number of aromatic nitrogens is 2. The van der Waals surface area contributed by atoms with Gasteiger partial charge in [-0.1, -0.05) is 18.2 Å². The van der Waals surface area contributed by atoms with Gasteiger partial charge in [0, 0.05) is 6.08 Å². The Morgan fingerprint density at radius 3 is 2.71 bits per heavy atom. The molecule has 1 fully saturated rings. The Labute approximate surface area is 164 Å². The SMILES string of the molecule is O=C1/C(=C\c2ccc(Cn3ccc([N+](=O)[O-])n3)o2)NC(=S)N1c1ccccc1. The van der Waals surface area contributed by atoms with Crippen LogP contribution >= 0.6 is 12.2 Å². The maximum Gasteiger partial charge on any atom is 0.389 e. The number of amides is 1. The van der Waals surface area contributed by atoms with Crippen molar-refractivity contribution >= 4 is 40.8 Å². The van der Waals surface area contributed by atoms with E-state index in [1.165, 1.54) is 21.8 Å². The van der Waals surface area contributed by atoms with Gasteiger partial charge in [0.15, 0.2) is 5.11 Å². The number of carbonyl (C=O) groups excluding carboxylic acids is 1. The monoisotopic (exact) mass is 395 g/mol. The summed E-state index contributed by atoms with van der Waals surface area (Å²) >= 11 is 5.26. The van der Waals surface area contributed by atoms with Crippen molar-refractivity contribution in [1.82, 2.24) is 15.1 Å². The van der Waals surface area contributed by atoms with Gasteiger partial charge in [-0.25, -0.2) is 0 Å². The second kappa shape index (κ2) is 7.08. The summed E-state index contributed by atoms with van der Waals surface area (Å²) < 4.78 is 7.08. The summed E-state index contributed by atoms with van der Waals surface area (Å²) in [5.41, 5.74) is 0.971. The Kier molecular flexibility index (Phi) is 4.45. The van der Waals surface area contributed by atoms with E-state index in [-0.39, 0.29) is 23.4 Å². The zero-order valence-electron chi connectivity index (χ0n) is 14.3. The average molecular weight is 395 g/mol. The van der Waals surface area contributed by atoms with Crippen molar-refractivity contribution in [1.29, 1.82) is 0 Å². The van der Waals surface area contributed by atoms with E-state index in [0.717, 1.165) is 0 Å². The van der Waals surface area contributed by atoms with Crippen LogP contribution in [0.2, 0.25) is 0 Å². The van der Waals surface area contributed by atoms with Gasteiger partial charge in [0.05, 0.1) is 23.0 Å². The lowest BCUT2D eigenvalue weighted by atomic mass is 10.3. The topological polar surface area (TPSA) is 106 Å². The first-order chi connectivity index (χ1) is 13.5. The van der Waals surface area contributed by atoms with Gasteiger partial charge in [0.1, 0.15) is 23.8 Å². The predicted octanol–water partition coefficient (Wildman–Crippen LogP) is 2.69. The minimum atomic E-state index is -0.562. The molecule has 1 aliphatic heterocycles. The van der Waals surface area contributed by atoms with Crippen LogP contribution in [0.15, 0.2) is 64.8 Å². The van der Waals surface area contributed by atoms with Crippen molar-refractivity contribution in [2.75, 3.05) is 4.90 Å². The number of nitrogens with zero attached hydrogens (tertiary/aromatic N) is 4. The lowest BCUT2D eigenvalue weighted by Gasteiger charge is -2.13. The molecule has 1 amide bonds. The zero-order chi connectivity index (χ0) is 19.7. The predicted molar refractivity (Wildman–Crippen MR) is 104 cm³/mol. The van der Waals surface area contributed by atoms with Gasteiger partial charge in [-0.2, -0.15) is 4.68 Å². The molecule has 1 saturated heterocycles. The van der Waals surface area contributed by atoms with Crippen LogP contribution in [-0.2, 0) is 11.3 Å². The third kappa shape index (κ3) is 3.40. The Morgan fingerprint density at radius 1 is 1.21 bits per heavy atom. The van der Waals surface area contributed by atoms with E-state index in [2.05, 4.69) is 10.4 Å².